The SMILES string of the molecule is Cc1nccn1C[C@@H](C)CNC(=O)c1nc2n(n1)CCCN2. The minimum atomic E-state index is -0.224. The van der Waals surface area contributed by atoms with E-state index < -0.39 is 0 Å². The van der Waals surface area contributed by atoms with Gasteiger partial charge in [0.25, 0.3) is 5.91 Å². The highest BCUT2D eigenvalue weighted by Crippen LogP contribution is 2.10. The van der Waals surface area contributed by atoms with E-state index in [0.29, 0.717) is 18.4 Å². The maximum atomic E-state index is 12.1. The lowest BCUT2D eigenvalue weighted by Gasteiger charge is -2.13. The second-order valence-corrected chi connectivity index (χ2v) is 5.70. The van der Waals surface area contributed by atoms with Gasteiger partial charge in [-0.2, -0.15) is 4.98 Å². The Morgan fingerprint density at radius 2 is 2.41 bits per heavy atom. The summed E-state index contributed by atoms with van der Waals surface area (Å²) in [6, 6.07) is 0. The molecule has 8 nitrogen and oxygen atoms in total. The molecule has 0 radical (unpaired) electrons. The van der Waals surface area contributed by atoms with Gasteiger partial charge in [-0.1, -0.05) is 6.92 Å². The third kappa shape index (κ3) is 3.10. The van der Waals surface area contributed by atoms with Crippen LogP contribution in [-0.4, -0.2) is 43.3 Å². The molecule has 0 unspecified atom stereocenters. The van der Waals surface area contributed by atoms with E-state index >= 15 is 0 Å². The number of anilines is 1. The van der Waals surface area contributed by atoms with E-state index in [4.69, 9.17) is 0 Å². The Labute approximate surface area is 128 Å². The molecule has 2 aromatic heterocycles. The second-order valence-electron chi connectivity index (χ2n) is 5.70. The Morgan fingerprint density at radius 3 is 3.14 bits per heavy atom. The monoisotopic (exact) mass is 303 g/mol. The first-order valence-corrected chi connectivity index (χ1v) is 7.58. The van der Waals surface area contributed by atoms with Crippen LogP contribution in [0.25, 0.3) is 0 Å². The number of nitrogens with one attached hydrogen (secondary N) is 2. The lowest BCUT2D eigenvalue weighted by atomic mass is 10.2. The van der Waals surface area contributed by atoms with Gasteiger partial charge in [0.05, 0.1) is 0 Å². The van der Waals surface area contributed by atoms with Gasteiger partial charge in [-0.15, -0.1) is 5.10 Å². The Bertz CT molecular complexity index is 636. The summed E-state index contributed by atoms with van der Waals surface area (Å²) >= 11 is 0. The van der Waals surface area contributed by atoms with Crippen molar-refractivity contribution in [3.05, 3.63) is 24.0 Å². The number of amides is 1. The lowest BCUT2D eigenvalue weighted by Crippen LogP contribution is -2.31. The number of carbonyl (C=O) groups is 1. The van der Waals surface area contributed by atoms with Crippen LogP contribution in [0, 0.1) is 12.8 Å². The van der Waals surface area contributed by atoms with E-state index in [1.165, 1.54) is 0 Å². The molecule has 118 valence electrons. The van der Waals surface area contributed by atoms with Crippen LogP contribution in [0.15, 0.2) is 12.4 Å². The molecule has 8 heteroatoms. The molecule has 1 aliphatic rings. The van der Waals surface area contributed by atoms with Gasteiger partial charge < -0.3 is 15.2 Å². The number of carbonyl (C=O) groups excluding carboxylic acids is 1. The fourth-order valence-corrected chi connectivity index (χ4v) is 2.50. The molecule has 0 aromatic carbocycles. The van der Waals surface area contributed by atoms with E-state index in [-0.39, 0.29) is 11.7 Å². The minimum absolute atomic E-state index is 0.224. The van der Waals surface area contributed by atoms with Gasteiger partial charge in [0.2, 0.25) is 11.8 Å². The smallest absolute Gasteiger partial charge is 0.291 e. The van der Waals surface area contributed by atoms with Crippen LogP contribution in [-0.2, 0) is 13.1 Å². The average molecular weight is 303 g/mol. The molecule has 0 saturated carbocycles. The predicted octanol–water partition coefficient (Wildman–Crippen LogP) is 0.665. The number of aromatic nitrogens is 5. The molecular weight excluding hydrogens is 282 g/mol. The molecule has 3 rings (SSSR count). The van der Waals surface area contributed by atoms with Gasteiger partial charge >= 0.3 is 0 Å². The van der Waals surface area contributed by atoms with Gasteiger partial charge in [0.15, 0.2) is 0 Å². The maximum absolute atomic E-state index is 12.1. The van der Waals surface area contributed by atoms with E-state index in [2.05, 4.69) is 37.2 Å². The number of aryl methyl sites for hydroxylation is 2. The first-order chi connectivity index (χ1) is 10.6. The van der Waals surface area contributed by atoms with Gasteiger partial charge in [0.1, 0.15) is 5.82 Å². The summed E-state index contributed by atoms with van der Waals surface area (Å²) < 4.78 is 3.82. The van der Waals surface area contributed by atoms with Crippen molar-refractivity contribution in [2.45, 2.75) is 33.4 Å². The van der Waals surface area contributed by atoms with Crippen molar-refractivity contribution in [3.8, 4) is 0 Å². The molecule has 2 aromatic rings. The molecule has 1 aliphatic heterocycles. The number of hydrogen-bond acceptors (Lipinski definition) is 5. The van der Waals surface area contributed by atoms with Crippen LogP contribution in [0.2, 0.25) is 0 Å². The van der Waals surface area contributed by atoms with Crippen molar-refractivity contribution in [3.63, 3.8) is 0 Å². The second kappa shape index (κ2) is 6.17. The lowest BCUT2D eigenvalue weighted by molar-refractivity contribution is 0.0936. The zero-order valence-electron chi connectivity index (χ0n) is 12.9. The van der Waals surface area contributed by atoms with Crippen molar-refractivity contribution >= 4 is 11.9 Å². The van der Waals surface area contributed by atoms with Crippen LogP contribution >= 0.6 is 0 Å². The first kappa shape index (κ1) is 14.6. The summed E-state index contributed by atoms with van der Waals surface area (Å²) in [6.45, 7) is 7.14. The number of imidazole rings is 1. The molecule has 0 spiro atoms. The zero-order valence-corrected chi connectivity index (χ0v) is 12.9. The molecule has 0 bridgehead atoms. The third-order valence-corrected chi connectivity index (χ3v) is 3.75. The molecule has 1 atom stereocenters. The minimum Gasteiger partial charge on any atom is -0.354 e. The van der Waals surface area contributed by atoms with Crippen molar-refractivity contribution in [1.82, 2.24) is 29.6 Å². The zero-order chi connectivity index (χ0) is 15.5. The van der Waals surface area contributed by atoms with Gasteiger partial charge in [-0.25, -0.2) is 9.67 Å². The van der Waals surface area contributed by atoms with Gasteiger partial charge in [0, 0.05) is 38.6 Å². The van der Waals surface area contributed by atoms with E-state index in [0.717, 1.165) is 31.9 Å². The summed E-state index contributed by atoms with van der Waals surface area (Å²) in [7, 11) is 0. The van der Waals surface area contributed by atoms with E-state index in [1.807, 2.05) is 13.1 Å². The molecule has 0 saturated heterocycles. The van der Waals surface area contributed by atoms with E-state index in [1.54, 1.807) is 10.9 Å². The molecule has 22 heavy (non-hydrogen) atoms. The van der Waals surface area contributed by atoms with Crippen molar-refractivity contribution < 1.29 is 4.79 Å². The highest BCUT2D eigenvalue weighted by atomic mass is 16.2. The average Bonchev–Trinajstić information content (AvgIpc) is 3.11. The standard InChI is InChI=1S/C14H21N7O/c1-10(9-20-7-5-15-11(20)2)8-17-13(22)12-18-14-16-4-3-6-21(14)19-12/h5,7,10H,3-4,6,8-9H2,1-2H3,(H,17,22)(H,16,18,19)/t10-/m0/s1. The first-order valence-electron chi connectivity index (χ1n) is 7.58. The number of rotatable bonds is 5. The van der Waals surface area contributed by atoms with E-state index in [9.17, 15) is 4.79 Å². The quantitative estimate of drug-likeness (QED) is 0.847. The van der Waals surface area contributed by atoms with Crippen LogP contribution in [0.4, 0.5) is 5.95 Å². The summed E-state index contributed by atoms with van der Waals surface area (Å²) in [6.07, 6.45) is 4.73. The maximum Gasteiger partial charge on any atom is 0.291 e. The van der Waals surface area contributed by atoms with Gasteiger partial charge in [-0.05, 0) is 19.3 Å². The molecule has 3 heterocycles. The summed E-state index contributed by atoms with van der Waals surface area (Å²) in [5.41, 5.74) is 0. The molecule has 0 aliphatic carbocycles. The Hall–Kier alpha value is -2.38. The number of nitrogens with zero attached hydrogens (tertiary/aromatic N) is 5. The highest BCUT2D eigenvalue weighted by Gasteiger charge is 2.18. The van der Waals surface area contributed by atoms with Crippen LogP contribution in [0.5, 0.6) is 0 Å². The molecule has 2 N–H and O–H groups in total. The van der Waals surface area contributed by atoms with Crippen LogP contribution in [0.1, 0.15) is 29.8 Å². The van der Waals surface area contributed by atoms with Crippen LogP contribution < -0.4 is 10.6 Å². The fourth-order valence-electron chi connectivity index (χ4n) is 2.50. The fraction of sp³-hybridized carbons (Fsp3) is 0.571. The van der Waals surface area contributed by atoms with Gasteiger partial charge in [-0.3, -0.25) is 4.79 Å². The molecule has 1 amide bonds. The Balaban J connectivity index is 1.53. The normalized spacial score (nSPS) is 15.0. The Morgan fingerprint density at radius 1 is 1.55 bits per heavy atom. The topological polar surface area (TPSA) is 89.7 Å². The summed E-state index contributed by atoms with van der Waals surface area (Å²) in [4.78, 5) is 20.6. The summed E-state index contributed by atoms with van der Waals surface area (Å²) in [5.74, 6) is 1.96. The van der Waals surface area contributed by atoms with Crippen molar-refractivity contribution in [2.24, 2.45) is 5.92 Å². The summed E-state index contributed by atoms with van der Waals surface area (Å²) in [5, 5.41) is 10.3. The third-order valence-electron chi connectivity index (χ3n) is 3.75. The predicted molar refractivity (Wildman–Crippen MR) is 81.6 cm³/mol. The number of fused-ring (bicyclic) bond motifs is 1. The molecule has 0 fully saturated rings. The number of hydrogen-bond donors (Lipinski definition) is 2. The van der Waals surface area contributed by atoms with Crippen molar-refractivity contribution in [2.75, 3.05) is 18.4 Å². The largest absolute Gasteiger partial charge is 0.354 e. The highest BCUT2D eigenvalue weighted by molar-refractivity contribution is 5.90. The van der Waals surface area contributed by atoms with Crippen molar-refractivity contribution in [1.29, 1.82) is 0 Å². The van der Waals surface area contributed by atoms with Crippen LogP contribution in [0.3, 0.4) is 0 Å². The molecular formula is C14H21N7O. The Kier molecular flexibility index (Phi) is 4.08.